The lowest BCUT2D eigenvalue weighted by molar-refractivity contribution is 0.154. The summed E-state index contributed by atoms with van der Waals surface area (Å²) in [6.07, 6.45) is 1.45. The fourth-order valence-corrected chi connectivity index (χ4v) is 2.28. The van der Waals surface area contributed by atoms with Crippen LogP contribution >= 0.6 is 0 Å². The molecule has 0 aromatic carbocycles. The molecule has 15 heavy (non-hydrogen) atoms. The van der Waals surface area contributed by atoms with Crippen molar-refractivity contribution in [2.75, 3.05) is 52.9 Å². The molecule has 1 saturated heterocycles. The third-order valence-electron chi connectivity index (χ3n) is 3.88. The zero-order valence-electron chi connectivity index (χ0n) is 10.2. The summed E-state index contributed by atoms with van der Waals surface area (Å²) in [5.74, 6) is 1.97. The molecule has 3 heteroatoms. The Morgan fingerprint density at radius 1 is 1.20 bits per heavy atom. The molecule has 0 aromatic rings. The molecule has 1 aliphatic carbocycles. The van der Waals surface area contributed by atoms with Crippen molar-refractivity contribution in [1.29, 1.82) is 0 Å². The van der Waals surface area contributed by atoms with E-state index < -0.39 is 0 Å². The number of piperazine rings is 1. The van der Waals surface area contributed by atoms with E-state index >= 15 is 0 Å². The zero-order chi connectivity index (χ0) is 10.7. The van der Waals surface area contributed by atoms with Crippen LogP contribution in [0.5, 0.6) is 0 Å². The molecule has 0 amide bonds. The SMILES string of the molecule is CC1CC1CNCCN1CCN(C)CC1. The largest absolute Gasteiger partial charge is 0.315 e. The van der Waals surface area contributed by atoms with E-state index in [4.69, 9.17) is 0 Å². The summed E-state index contributed by atoms with van der Waals surface area (Å²) in [7, 11) is 2.21. The lowest BCUT2D eigenvalue weighted by atomic mass is 10.3. The van der Waals surface area contributed by atoms with Crippen LogP contribution in [0.25, 0.3) is 0 Å². The minimum Gasteiger partial charge on any atom is -0.315 e. The van der Waals surface area contributed by atoms with Gasteiger partial charge in [-0.3, -0.25) is 4.90 Å². The van der Waals surface area contributed by atoms with E-state index in [0.717, 1.165) is 11.8 Å². The molecule has 2 aliphatic rings. The molecule has 1 saturated carbocycles. The van der Waals surface area contributed by atoms with E-state index in [1.807, 2.05) is 0 Å². The fourth-order valence-electron chi connectivity index (χ4n) is 2.28. The van der Waals surface area contributed by atoms with Crippen molar-refractivity contribution < 1.29 is 0 Å². The van der Waals surface area contributed by atoms with Gasteiger partial charge in [-0.15, -0.1) is 0 Å². The lowest BCUT2D eigenvalue weighted by Gasteiger charge is -2.32. The first kappa shape index (κ1) is 11.4. The van der Waals surface area contributed by atoms with Crippen LogP contribution in [0.4, 0.5) is 0 Å². The minimum atomic E-state index is 0.984. The Morgan fingerprint density at radius 2 is 1.87 bits per heavy atom. The van der Waals surface area contributed by atoms with Gasteiger partial charge in [-0.05, 0) is 31.8 Å². The lowest BCUT2D eigenvalue weighted by Crippen LogP contribution is -2.46. The van der Waals surface area contributed by atoms with Crippen LogP contribution in [-0.2, 0) is 0 Å². The van der Waals surface area contributed by atoms with Crippen molar-refractivity contribution in [2.45, 2.75) is 13.3 Å². The number of hydrogen-bond acceptors (Lipinski definition) is 3. The third-order valence-corrected chi connectivity index (χ3v) is 3.88. The van der Waals surface area contributed by atoms with E-state index in [0.29, 0.717) is 0 Å². The summed E-state index contributed by atoms with van der Waals surface area (Å²) < 4.78 is 0. The second-order valence-corrected chi connectivity index (χ2v) is 5.32. The van der Waals surface area contributed by atoms with Gasteiger partial charge < -0.3 is 10.2 Å². The first-order chi connectivity index (χ1) is 7.25. The fraction of sp³-hybridized carbons (Fsp3) is 1.00. The maximum absolute atomic E-state index is 3.58. The monoisotopic (exact) mass is 211 g/mol. The summed E-state index contributed by atoms with van der Waals surface area (Å²) in [5.41, 5.74) is 0. The van der Waals surface area contributed by atoms with E-state index in [1.54, 1.807) is 0 Å². The quantitative estimate of drug-likeness (QED) is 0.667. The van der Waals surface area contributed by atoms with Gasteiger partial charge in [0.1, 0.15) is 0 Å². The standard InChI is InChI=1S/C12H25N3/c1-11-9-12(11)10-13-3-4-15-7-5-14(2)6-8-15/h11-13H,3-10H2,1-2H3. The Bertz CT molecular complexity index is 187. The molecular formula is C12H25N3. The number of nitrogens with zero attached hydrogens (tertiary/aromatic N) is 2. The van der Waals surface area contributed by atoms with Crippen LogP contribution in [-0.4, -0.2) is 62.7 Å². The zero-order valence-corrected chi connectivity index (χ0v) is 10.2. The molecular weight excluding hydrogens is 186 g/mol. The van der Waals surface area contributed by atoms with Crippen LogP contribution in [0, 0.1) is 11.8 Å². The van der Waals surface area contributed by atoms with Crippen LogP contribution in [0.2, 0.25) is 0 Å². The Kier molecular flexibility index (Phi) is 4.00. The molecule has 1 aliphatic heterocycles. The predicted molar refractivity (Wildman–Crippen MR) is 64.1 cm³/mol. The van der Waals surface area contributed by atoms with Gasteiger partial charge in [0.25, 0.3) is 0 Å². The summed E-state index contributed by atoms with van der Waals surface area (Å²) in [4.78, 5) is 4.99. The molecule has 2 atom stereocenters. The number of likely N-dealkylation sites (N-methyl/N-ethyl adjacent to an activating group) is 1. The second kappa shape index (κ2) is 5.28. The van der Waals surface area contributed by atoms with Gasteiger partial charge in [0.05, 0.1) is 0 Å². The maximum atomic E-state index is 3.58. The summed E-state index contributed by atoms with van der Waals surface area (Å²) in [6, 6.07) is 0. The highest BCUT2D eigenvalue weighted by Gasteiger charge is 2.31. The van der Waals surface area contributed by atoms with Crippen molar-refractivity contribution in [3.8, 4) is 0 Å². The number of rotatable bonds is 5. The molecule has 2 unspecified atom stereocenters. The van der Waals surface area contributed by atoms with Gasteiger partial charge in [-0.2, -0.15) is 0 Å². The van der Waals surface area contributed by atoms with Crippen LogP contribution in [0.3, 0.4) is 0 Å². The Morgan fingerprint density at radius 3 is 2.47 bits per heavy atom. The average Bonchev–Trinajstić information content (AvgIpc) is 2.92. The third kappa shape index (κ3) is 3.74. The highest BCUT2D eigenvalue weighted by Crippen LogP contribution is 2.36. The molecule has 1 N–H and O–H groups in total. The van der Waals surface area contributed by atoms with Crippen molar-refractivity contribution in [2.24, 2.45) is 11.8 Å². The van der Waals surface area contributed by atoms with Crippen LogP contribution < -0.4 is 5.32 Å². The molecule has 1 heterocycles. The van der Waals surface area contributed by atoms with Crippen molar-refractivity contribution in [3.05, 3.63) is 0 Å². The van der Waals surface area contributed by atoms with Gasteiger partial charge in [0, 0.05) is 39.3 Å². The molecule has 2 fully saturated rings. The molecule has 0 spiro atoms. The molecule has 0 radical (unpaired) electrons. The minimum absolute atomic E-state index is 0.984. The average molecular weight is 211 g/mol. The molecule has 3 nitrogen and oxygen atoms in total. The highest BCUT2D eigenvalue weighted by atomic mass is 15.2. The van der Waals surface area contributed by atoms with Crippen LogP contribution in [0.15, 0.2) is 0 Å². The smallest absolute Gasteiger partial charge is 0.0110 e. The second-order valence-electron chi connectivity index (χ2n) is 5.32. The Labute approximate surface area is 93.8 Å². The molecule has 0 aromatic heterocycles. The van der Waals surface area contributed by atoms with E-state index in [-0.39, 0.29) is 0 Å². The molecule has 0 bridgehead atoms. The first-order valence-electron chi connectivity index (χ1n) is 6.37. The molecule has 2 rings (SSSR count). The Hall–Kier alpha value is -0.120. The Balaban J connectivity index is 1.47. The maximum Gasteiger partial charge on any atom is 0.0110 e. The predicted octanol–water partition coefficient (Wildman–Crippen LogP) is 0.479. The highest BCUT2D eigenvalue weighted by molar-refractivity contribution is 4.84. The normalized spacial score (nSPS) is 33.2. The number of nitrogens with one attached hydrogen (secondary N) is 1. The first-order valence-corrected chi connectivity index (χ1v) is 6.37. The topological polar surface area (TPSA) is 18.5 Å². The van der Waals surface area contributed by atoms with Gasteiger partial charge in [-0.25, -0.2) is 0 Å². The van der Waals surface area contributed by atoms with E-state index in [1.165, 1.54) is 52.2 Å². The van der Waals surface area contributed by atoms with E-state index in [9.17, 15) is 0 Å². The van der Waals surface area contributed by atoms with Gasteiger partial charge in [-0.1, -0.05) is 6.92 Å². The summed E-state index contributed by atoms with van der Waals surface area (Å²) in [5, 5.41) is 3.58. The number of hydrogen-bond donors (Lipinski definition) is 1. The van der Waals surface area contributed by atoms with Gasteiger partial charge >= 0.3 is 0 Å². The van der Waals surface area contributed by atoms with Gasteiger partial charge in [0.15, 0.2) is 0 Å². The van der Waals surface area contributed by atoms with Crippen molar-refractivity contribution in [3.63, 3.8) is 0 Å². The van der Waals surface area contributed by atoms with Gasteiger partial charge in [0.2, 0.25) is 0 Å². The van der Waals surface area contributed by atoms with Crippen molar-refractivity contribution >= 4 is 0 Å². The summed E-state index contributed by atoms with van der Waals surface area (Å²) >= 11 is 0. The van der Waals surface area contributed by atoms with Crippen molar-refractivity contribution in [1.82, 2.24) is 15.1 Å². The molecule has 88 valence electrons. The van der Waals surface area contributed by atoms with Crippen LogP contribution in [0.1, 0.15) is 13.3 Å². The van der Waals surface area contributed by atoms with E-state index in [2.05, 4.69) is 29.1 Å². The summed E-state index contributed by atoms with van der Waals surface area (Å²) in [6.45, 7) is 11.0.